The van der Waals surface area contributed by atoms with Gasteiger partial charge in [-0.05, 0) is 6.42 Å². The first-order chi connectivity index (χ1) is 11.4. The minimum absolute atomic E-state index is 0.0698. The molecular formula is C15H22FN3O5. The van der Waals surface area contributed by atoms with E-state index in [0.29, 0.717) is 23.7 Å². The molecule has 9 heteroatoms. The second-order valence-electron chi connectivity index (χ2n) is 5.24. The van der Waals surface area contributed by atoms with E-state index in [1.54, 1.807) is 0 Å². The van der Waals surface area contributed by atoms with E-state index >= 15 is 0 Å². The van der Waals surface area contributed by atoms with Crippen LogP contribution in [0.3, 0.4) is 0 Å². The monoisotopic (exact) mass is 343 g/mol. The van der Waals surface area contributed by atoms with Gasteiger partial charge in [0.2, 0.25) is 5.82 Å². The van der Waals surface area contributed by atoms with E-state index in [9.17, 15) is 23.6 Å². The maximum Gasteiger partial charge on any atom is 0.425 e. The van der Waals surface area contributed by atoms with Gasteiger partial charge >= 0.3 is 23.4 Å². The highest BCUT2D eigenvalue weighted by Crippen LogP contribution is 2.04. The number of nitrogens with zero attached hydrogens (tertiary/aromatic N) is 2. The van der Waals surface area contributed by atoms with Gasteiger partial charge in [-0.1, -0.05) is 39.0 Å². The zero-order chi connectivity index (χ0) is 18.1. The van der Waals surface area contributed by atoms with Crippen molar-refractivity contribution >= 4 is 12.1 Å². The molecule has 24 heavy (non-hydrogen) atoms. The Morgan fingerprint density at radius 3 is 2.42 bits per heavy atom. The Morgan fingerprint density at radius 2 is 1.79 bits per heavy atom. The molecule has 1 rings (SSSR count). The molecule has 1 N–H and O–H groups in total. The number of halogens is 1. The highest BCUT2D eigenvalue weighted by atomic mass is 19.1. The molecule has 0 aliphatic carbocycles. The summed E-state index contributed by atoms with van der Waals surface area (Å²) >= 11 is 0. The average molecular weight is 343 g/mol. The van der Waals surface area contributed by atoms with Crippen LogP contribution in [0.2, 0.25) is 0 Å². The number of aromatic nitrogens is 2. The molecule has 1 amide bonds. The van der Waals surface area contributed by atoms with Crippen molar-refractivity contribution in [3.63, 3.8) is 0 Å². The van der Waals surface area contributed by atoms with E-state index in [-0.39, 0.29) is 4.57 Å². The van der Waals surface area contributed by atoms with Crippen LogP contribution in [0.1, 0.15) is 45.4 Å². The highest BCUT2D eigenvalue weighted by molar-refractivity contribution is 5.77. The van der Waals surface area contributed by atoms with Gasteiger partial charge in [-0.15, -0.1) is 0 Å². The maximum absolute atomic E-state index is 13.6. The number of methoxy groups -OCH3 is 1. The number of carbonyl (C=O) groups excluding carboxylic acids is 2. The van der Waals surface area contributed by atoms with Gasteiger partial charge in [-0.3, -0.25) is 4.79 Å². The van der Waals surface area contributed by atoms with Crippen molar-refractivity contribution in [2.75, 3.05) is 13.7 Å². The molecule has 0 aliphatic heterocycles. The third kappa shape index (κ3) is 5.04. The number of nitrogens with one attached hydrogen (secondary N) is 1. The van der Waals surface area contributed by atoms with Gasteiger partial charge in [0.25, 0.3) is 0 Å². The third-order valence-electron chi connectivity index (χ3n) is 3.43. The maximum atomic E-state index is 13.6. The van der Waals surface area contributed by atoms with Crippen molar-refractivity contribution in [2.24, 2.45) is 0 Å². The standard InChI is InChI=1S/C15H22FN3O5/c1-3-4-5-6-7-8-9-17-13(21)18-10-11(16)12(20)19(14(18)22)15(23)24-2/h10H,3-9H2,1-2H3,(H,17,21). The molecule has 1 aromatic heterocycles. The van der Waals surface area contributed by atoms with Crippen LogP contribution >= 0.6 is 0 Å². The molecular weight excluding hydrogens is 321 g/mol. The predicted octanol–water partition coefficient (Wildman–Crippen LogP) is 1.68. The minimum atomic E-state index is -1.47. The summed E-state index contributed by atoms with van der Waals surface area (Å²) < 4.78 is 18.1. The van der Waals surface area contributed by atoms with Crippen LogP contribution in [0, 0.1) is 5.82 Å². The summed E-state index contributed by atoms with van der Waals surface area (Å²) in [4.78, 5) is 46.8. The van der Waals surface area contributed by atoms with Gasteiger partial charge < -0.3 is 10.1 Å². The molecule has 0 fully saturated rings. The van der Waals surface area contributed by atoms with Gasteiger partial charge in [0.15, 0.2) is 0 Å². The number of ether oxygens (including phenoxy) is 1. The number of hydrogen-bond donors (Lipinski definition) is 1. The van der Waals surface area contributed by atoms with E-state index in [1.807, 2.05) is 0 Å². The fourth-order valence-electron chi connectivity index (χ4n) is 2.11. The van der Waals surface area contributed by atoms with Crippen molar-refractivity contribution in [3.05, 3.63) is 32.9 Å². The number of amides is 1. The molecule has 0 atom stereocenters. The molecule has 0 unspecified atom stereocenters. The van der Waals surface area contributed by atoms with E-state index < -0.39 is 29.2 Å². The van der Waals surface area contributed by atoms with Crippen LogP contribution in [-0.4, -0.2) is 34.9 Å². The van der Waals surface area contributed by atoms with Crippen molar-refractivity contribution in [1.82, 2.24) is 14.5 Å². The first-order valence-electron chi connectivity index (χ1n) is 7.84. The molecule has 8 nitrogen and oxygen atoms in total. The van der Waals surface area contributed by atoms with E-state index in [1.165, 1.54) is 0 Å². The van der Waals surface area contributed by atoms with E-state index in [4.69, 9.17) is 0 Å². The van der Waals surface area contributed by atoms with Crippen LogP contribution in [0.25, 0.3) is 0 Å². The van der Waals surface area contributed by atoms with Gasteiger partial charge in [0.1, 0.15) is 0 Å². The molecule has 0 aromatic carbocycles. The summed E-state index contributed by atoms with van der Waals surface area (Å²) in [5.74, 6) is -1.41. The number of rotatable bonds is 7. The Bertz CT molecular complexity index is 695. The van der Waals surface area contributed by atoms with Crippen molar-refractivity contribution < 1.29 is 18.7 Å². The van der Waals surface area contributed by atoms with Crippen LogP contribution in [0.15, 0.2) is 15.8 Å². The topological polar surface area (TPSA) is 99.4 Å². The summed E-state index contributed by atoms with van der Waals surface area (Å²) in [6, 6.07) is -0.912. The highest BCUT2D eigenvalue weighted by Gasteiger charge is 2.20. The second kappa shape index (κ2) is 9.64. The second-order valence-corrected chi connectivity index (χ2v) is 5.24. The van der Waals surface area contributed by atoms with Crippen LogP contribution in [0.5, 0.6) is 0 Å². The van der Waals surface area contributed by atoms with Gasteiger partial charge in [-0.25, -0.2) is 19.0 Å². The first kappa shape index (κ1) is 19.6. The summed E-state index contributed by atoms with van der Waals surface area (Å²) in [6.45, 7) is 2.42. The summed E-state index contributed by atoms with van der Waals surface area (Å²) in [7, 11) is 0.933. The Morgan fingerprint density at radius 1 is 1.17 bits per heavy atom. The smallest absolute Gasteiger partial charge is 0.425 e. The molecule has 0 radical (unpaired) electrons. The van der Waals surface area contributed by atoms with Gasteiger partial charge in [0.05, 0.1) is 13.3 Å². The SMILES string of the molecule is CCCCCCCCNC(=O)n1cc(F)c(=O)n(C(=O)OC)c1=O. The third-order valence-corrected chi connectivity index (χ3v) is 3.43. The predicted molar refractivity (Wildman–Crippen MR) is 84.9 cm³/mol. The normalized spacial score (nSPS) is 10.5. The molecule has 0 spiro atoms. The lowest BCUT2D eigenvalue weighted by molar-refractivity contribution is 0.169. The molecule has 1 aromatic rings. The Balaban J connectivity index is 2.75. The lowest BCUT2D eigenvalue weighted by Gasteiger charge is -2.09. The lowest BCUT2D eigenvalue weighted by Crippen LogP contribution is -2.48. The largest absolute Gasteiger partial charge is 0.452 e. The Labute approximate surface area is 138 Å². The summed E-state index contributed by atoms with van der Waals surface area (Å²) in [5.41, 5.74) is -2.75. The summed E-state index contributed by atoms with van der Waals surface area (Å²) in [6.07, 6.45) is 5.21. The van der Waals surface area contributed by atoms with Gasteiger partial charge in [0, 0.05) is 6.54 Å². The van der Waals surface area contributed by atoms with Crippen LogP contribution in [-0.2, 0) is 4.74 Å². The van der Waals surface area contributed by atoms with Gasteiger partial charge in [-0.2, -0.15) is 8.96 Å². The van der Waals surface area contributed by atoms with Crippen LogP contribution < -0.4 is 16.6 Å². The van der Waals surface area contributed by atoms with E-state index in [0.717, 1.165) is 39.2 Å². The van der Waals surface area contributed by atoms with Crippen molar-refractivity contribution in [1.29, 1.82) is 0 Å². The molecule has 0 bridgehead atoms. The fourth-order valence-corrected chi connectivity index (χ4v) is 2.11. The minimum Gasteiger partial charge on any atom is -0.452 e. The zero-order valence-electron chi connectivity index (χ0n) is 13.8. The molecule has 1 heterocycles. The lowest BCUT2D eigenvalue weighted by atomic mass is 10.1. The molecule has 0 aliphatic rings. The first-order valence-corrected chi connectivity index (χ1v) is 7.84. The Kier molecular flexibility index (Phi) is 7.87. The van der Waals surface area contributed by atoms with Crippen LogP contribution in [0.4, 0.5) is 14.0 Å². The quantitative estimate of drug-likeness (QED) is 0.759. The molecule has 0 saturated heterocycles. The number of unbranched alkanes of at least 4 members (excludes halogenated alkanes) is 5. The van der Waals surface area contributed by atoms with E-state index in [2.05, 4.69) is 17.0 Å². The average Bonchev–Trinajstić information content (AvgIpc) is 2.57. The number of carbonyl (C=O) groups is 2. The Hall–Kier alpha value is -2.45. The molecule has 134 valence electrons. The van der Waals surface area contributed by atoms with Crippen molar-refractivity contribution in [3.8, 4) is 0 Å². The number of hydrogen-bond acceptors (Lipinski definition) is 5. The zero-order valence-corrected chi connectivity index (χ0v) is 13.8. The van der Waals surface area contributed by atoms with Crippen molar-refractivity contribution in [2.45, 2.75) is 45.4 Å². The summed E-state index contributed by atoms with van der Waals surface area (Å²) in [5, 5.41) is 2.45. The fraction of sp³-hybridized carbons (Fsp3) is 0.600. The molecule has 0 saturated carbocycles.